The summed E-state index contributed by atoms with van der Waals surface area (Å²) in [6.07, 6.45) is 1.52. The topological polar surface area (TPSA) is 80.6 Å². The quantitative estimate of drug-likeness (QED) is 0.137. The lowest BCUT2D eigenvalue weighted by atomic mass is 10.1. The molecule has 0 atom stereocenters. The lowest BCUT2D eigenvalue weighted by molar-refractivity contribution is -0.112. The van der Waals surface area contributed by atoms with E-state index in [1.54, 1.807) is 36.4 Å². The molecule has 0 fully saturated rings. The van der Waals surface area contributed by atoms with Crippen molar-refractivity contribution < 1.29 is 19.0 Å². The van der Waals surface area contributed by atoms with E-state index < -0.39 is 5.91 Å². The van der Waals surface area contributed by atoms with Gasteiger partial charge in [-0.3, -0.25) is 4.79 Å². The van der Waals surface area contributed by atoms with Crippen LogP contribution >= 0.6 is 15.9 Å². The molecule has 0 radical (unpaired) electrons. The fourth-order valence-corrected chi connectivity index (χ4v) is 4.49. The molecule has 0 unspecified atom stereocenters. The summed E-state index contributed by atoms with van der Waals surface area (Å²) in [4.78, 5) is 12.9. The number of nitrogens with one attached hydrogen (secondary N) is 1. The van der Waals surface area contributed by atoms with Crippen LogP contribution in [0, 0.1) is 25.2 Å². The third-order valence-corrected chi connectivity index (χ3v) is 6.74. The van der Waals surface area contributed by atoms with Crippen molar-refractivity contribution in [2.75, 3.05) is 11.9 Å². The summed E-state index contributed by atoms with van der Waals surface area (Å²) in [5.41, 5.74) is 5.60. The van der Waals surface area contributed by atoms with Crippen LogP contribution in [0.1, 0.15) is 34.7 Å². The Morgan fingerprint density at radius 1 is 0.854 bits per heavy atom. The first-order valence-corrected chi connectivity index (χ1v) is 14.0. The van der Waals surface area contributed by atoms with Gasteiger partial charge in [-0.15, -0.1) is 0 Å². The minimum Gasteiger partial charge on any atom is -0.490 e. The van der Waals surface area contributed by atoms with Crippen LogP contribution in [0.25, 0.3) is 6.08 Å². The minimum atomic E-state index is -0.519. The average molecular weight is 612 g/mol. The second-order valence-electron chi connectivity index (χ2n) is 9.46. The van der Waals surface area contributed by atoms with Crippen molar-refractivity contribution in [1.29, 1.82) is 5.26 Å². The largest absolute Gasteiger partial charge is 0.490 e. The Morgan fingerprint density at radius 2 is 1.44 bits per heavy atom. The predicted molar refractivity (Wildman–Crippen MR) is 165 cm³/mol. The number of aryl methyl sites for hydroxylation is 2. The standard InChI is InChI=1S/C34H31BrN2O4/c1-4-39-32-19-27(18-31(35)33(32)41-22-26-11-7-24(3)8-12-26)17-28(20-36)34(38)37-29-13-15-30(16-14-29)40-21-25-9-5-23(2)6-10-25/h5-19H,4,21-22H2,1-3H3,(H,37,38)/b28-17+. The highest BCUT2D eigenvalue weighted by atomic mass is 79.9. The number of hydrogen-bond donors (Lipinski definition) is 1. The van der Waals surface area contributed by atoms with E-state index in [9.17, 15) is 10.1 Å². The van der Waals surface area contributed by atoms with Crippen molar-refractivity contribution in [3.05, 3.63) is 123 Å². The second kappa shape index (κ2) is 14.2. The van der Waals surface area contributed by atoms with Crippen LogP contribution in [-0.2, 0) is 18.0 Å². The van der Waals surface area contributed by atoms with Crippen molar-refractivity contribution in [1.82, 2.24) is 0 Å². The number of rotatable bonds is 11. The first kappa shape index (κ1) is 29.4. The lowest BCUT2D eigenvalue weighted by Crippen LogP contribution is -2.13. The molecule has 1 N–H and O–H groups in total. The van der Waals surface area contributed by atoms with Gasteiger partial charge in [0.25, 0.3) is 5.91 Å². The molecule has 4 aromatic carbocycles. The van der Waals surface area contributed by atoms with Crippen LogP contribution in [0.3, 0.4) is 0 Å². The first-order valence-electron chi connectivity index (χ1n) is 13.2. The van der Waals surface area contributed by atoms with Crippen LogP contribution in [0.5, 0.6) is 17.2 Å². The minimum absolute atomic E-state index is 0.0487. The smallest absolute Gasteiger partial charge is 0.266 e. The van der Waals surface area contributed by atoms with Gasteiger partial charge in [-0.05, 0) is 95.9 Å². The van der Waals surface area contributed by atoms with Crippen molar-refractivity contribution in [3.8, 4) is 23.3 Å². The number of nitriles is 1. The van der Waals surface area contributed by atoms with Crippen molar-refractivity contribution in [3.63, 3.8) is 0 Å². The van der Waals surface area contributed by atoms with E-state index in [0.717, 1.165) is 11.1 Å². The predicted octanol–water partition coefficient (Wildman–Crippen LogP) is 8.17. The maximum absolute atomic E-state index is 12.9. The van der Waals surface area contributed by atoms with Gasteiger partial charge < -0.3 is 19.5 Å². The van der Waals surface area contributed by atoms with Crippen molar-refractivity contribution in [2.24, 2.45) is 0 Å². The number of carbonyl (C=O) groups is 1. The maximum atomic E-state index is 12.9. The molecule has 0 saturated carbocycles. The third kappa shape index (κ3) is 8.47. The number of halogens is 1. The highest BCUT2D eigenvalue weighted by Gasteiger charge is 2.15. The summed E-state index contributed by atoms with van der Waals surface area (Å²) in [6, 6.07) is 28.8. The molecule has 6 nitrogen and oxygen atoms in total. The lowest BCUT2D eigenvalue weighted by Gasteiger charge is -2.15. The Balaban J connectivity index is 1.43. The molecule has 0 aromatic heterocycles. The highest BCUT2D eigenvalue weighted by Crippen LogP contribution is 2.38. The number of ether oxygens (including phenoxy) is 3. The van der Waals surface area contributed by atoms with Gasteiger partial charge in [-0.2, -0.15) is 5.26 Å². The number of amides is 1. The Kier molecular flexibility index (Phi) is 10.2. The number of carbonyl (C=O) groups excluding carboxylic acids is 1. The number of nitrogens with zero attached hydrogens (tertiary/aromatic N) is 1. The molecule has 4 rings (SSSR count). The molecule has 41 heavy (non-hydrogen) atoms. The van der Waals surface area contributed by atoms with Crippen LogP contribution in [-0.4, -0.2) is 12.5 Å². The average Bonchev–Trinajstić information content (AvgIpc) is 2.97. The Bertz CT molecular complexity index is 1560. The van der Waals surface area contributed by atoms with E-state index in [4.69, 9.17) is 14.2 Å². The van der Waals surface area contributed by atoms with Gasteiger partial charge in [0, 0.05) is 5.69 Å². The molecule has 0 aliphatic carbocycles. The third-order valence-electron chi connectivity index (χ3n) is 6.15. The fourth-order valence-electron chi connectivity index (χ4n) is 3.91. The first-order chi connectivity index (χ1) is 19.8. The summed E-state index contributed by atoms with van der Waals surface area (Å²) in [5.74, 6) is 1.23. The van der Waals surface area contributed by atoms with Crippen LogP contribution in [0.2, 0.25) is 0 Å². The highest BCUT2D eigenvalue weighted by molar-refractivity contribution is 9.10. The molecule has 1 amide bonds. The number of hydrogen-bond acceptors (Lipinski definition) is 5. The Hall–Kier alpha value is -4.54. The van der Waals surface area contributed by atoms with Gasteiger partial charge in [0.2, 0.25) is 0 Å². The Morgan fingerprint density at radius 3 is 2.00 bits per heavy atom. The molecule has 208 valence electrons. The van der Waals surface area contributed by atoms with E-state index in [-0.39, 0.29) is 5.57 Å². The van der Waals surface area contributed by atoms with Gasteiger partial charge in [0.05, 0.1) is 11.1 Å². The van der Waals surface area contributed by atoms with E-state index in [2.05, 4.69) is 21.2 Å². The zero-order chi connectivity index (χ0) is 29.2. The second-order valence-corrected chi connectivity index (χ2v) is 10.3. The summed E-state index contributed by atoms with van der Waals surface area (Å²) in [6.45, 7) is 7.21. The molecule has 0 aliphatic rings. The molecular formula is C34H31BrN2O4. The molecule has 7 heteroatoms. The molecule has 0 saturated heterocycles. The van der Waals surface area contributed by atoms with E-state index in [1.165, 1.54) is 17.2 Å². The van der Waals surface area contributed by atoms with Gasteiger partial charge in [-0.1, -0.05) is 59.7 Å². The SMILES string of the molecule is CCOc1cc(/C=C(\C#N)C(=O)Nc2ccc(OCc3ccc(C)cc3)cc2)cc(Br)c1OCc1ccc(C)cc1. The molecule has 0 heterocycles. The van der Waals surface area contributed by atoms with Gasteiger partial charge in [0.1, 0.15) is 30.6 Å². The zero-order valence-corrected chi connectivity index (χ0v) is 24.8. The van der Waals surface area contributed by atoms with Crippen LogP contribution in [0.4, 0.5) is 5.69 Å². The molecular weight excluding hydrogens is 580 g/mol. The molecule has 0 spiro atoms. The van der Waals surface area contributed by atoms with E-state index in [0.29, 0.717) is 52.8 Å². The van der Waals surface area contributed by atoms with Crippen LogP contribution < -0.4 is 19.5 Å². The summed E-state index contributed by atoms with van der Waals surface area (Å²) in [7, 11) is 0. The molecule has 0 aliphatic heterocycles. The summed E-state index contributed by atoms with van der Waals surface area (Å²) >= 11 is 3.56. The molecule has 0 bridgehead atoms. The van der Waals surface area contributed by atoms with Crippen molar-refractivity contribution >= 4 is 33.6 Å². The van der Waals surface area contributed by atoms with Crippen molar-refractivity contribution in [2.45, 2.75) is 34.0 Å². The van der Waals surface area contributed by atoms with E-state index in [1.807, 2.05) is 75.4 Å². The maximum Gasteiger partial charge on any atom is 0.266 e. The molecule has 4 aromatic rings. The summed E-state index contributed by atoms with van der Waals surface area (Å²) in [5, 5.41) is 12.5. The van der Waals surface area contributed by atoms with Gasteiger partial charge in [-0.25, -0.2) is 0 Å². The number of benzene rings is 4. The zero-order valence-electron chi connectivity index (χ0n) is 23.2. The normalized spacial score (nSPS) is 11.0. The van der Waals surface area contributed by atoms with Gasteiger partial charge in [0.15, 0.2) is 11.5 Å². The van der Waals surface area contributed by atoms with E-state index >= 15 is 0 Å². The Labute approximate surface area is 249 Å². The fraction of sp³-hybridized carbons (Fsp3) is 0.176. The van der Waals surface area contributed by atoms with Crippen LogP contribution in [0.15, 0.2) is 95.0 Å². The monoisotopic (exact) mass is 610 g/mol. The summed E-state index contributed by atoms with van der Waals surface area (Å²) < 4.78 is 18.4. The number of anilines is 1. The van der Waals surface area contributed by atoms with Gasteiger partial charge >= 0.3 is 0 Å².